The number of carboxylic acid groups (broad SMARTS) is 1. The number of alkyl carbamates (subject to hydrolysis) is 1. The average molecular weight is 483 g/mol. The molecule has 188 valence electrons. The zero-order chi connectivity index (χ0) is 25.4. The molecular weight excluding hydrogens is 448 g/mol. The van der Waals surface area contributed by atoms with Crippen LogP contribution in [-0.2, 0) is 19.1 Å². The quantitative estimate of drug-likeness (QED) is 0.420. The van der Waals surface area contributed by atoms with Gasteiger partial charge < -0.3 is 25.2 Å². The Balaban J connectivity index is 1.53. The van der Waals surface area contributed by atoms with Crippen LogP contribution in [0.2, 0.25) is 0 Å². The number of carbonyl (C=O) groups excluding carboxylic acids is 2. The Morgan fingerprint density at radius 3 is 2.14 bits per heavy atom. The molecule has 35 heavy (non-hydrogen) atoms. The van der Waals surface area contributed by atoms with Crippen LogP contribution in [0.1, 0.15) is 56.6 Å². The van der Waals surface area contributed by atoms with E-state index in [1.807, 2.05) is 31.2 Å². The summed E-state index contributed by atoms with van der Waals surface area (Å²) in [6.45, 7) is 3.68. The maximum absolute atomic E-state index is 12.6. The first-order valence-corrected chi connectivity index (χ1v) is 12.0. The summed E-state index contributed by atoms with van der Waals surface area (Å²) in [5, 5.41) is 15.0. The number of amides is 2. The maximum Gasteiger partial charge on any atom is 0.407 e. The zero-order valence-corrected chi connectivity index (χ0v) is 20.5. The lowest BCUT2D eigenvalue weighted by Crippen LogP contribution is -2.57. The molecule has 0 fully saturated rings. The van der Waals surface area contributed by atoms with Gasteiger partial charge in [-0.25, -0.2) is 9.59 Å². The molecule has 2 unspecified atom stereocenters. The fraction of sp³-hybridized carbons (Fsp3) is 0.444. The third kappa shape index (κ3) is 6.00. The molecule has 0 spiro atoms. The molecule has 2 amide bonds. The fourth-order valence-electron chi connectivity index (χ4n) is 4.56. The Morgan fingerprint density at radius 2 is 1.63 bits per heavy atom. The van der Waals surface area contributed by atoms with E-state index >= 15 is 0 Å². The van der Waals surface area contributed by atoms with Gasteiger partial charge in [0.25, 0.3) is 0 Å². The molecule has 3 N–H and O–H groups in total. The first-order valence-electron chi connectivity index (χ1n) is 12.0. The molecule has 2 aromatic rings. The minimum absolute atomic E-state index is 0.0297. The van der Waals surface area contributed by atoms with Gasteiger partial charge in [-0.3, -0.25) is 4.79 Å². The third-order valence-electron chi connectivity index (χ3n) is 6.66. The summed E-state index contributed by atoms with van der Waals surface area (Å²) in [6, 6.07) is 16.0. The average Bonchev–Trinajstić information content (AvgIpc) is 3.18. The molecule has 8 nitrogen and oxygen atoms in total. The molecule has 3 rings (SSSR count). The highest BCUT2D eigenvalue weighted by molar-refractivity contribution is 5.87. The van der Waals surface area contributed by atoms with Crippen molar-refractivity contribution in [3.63, 3.8) is 0 Å². The Morgan fingerprint density at radius 1 is 1.03 bits per heavy atom. The SMILES string of the molecule is CCC(CCC(=O)NC(CC)(COC)C(=O)O)NC(=O)OCC1c2ccccc2-c2ccccc21. The van der Waals surface area contributed by atoms with Crippen LogP contribution < -0.4 is 10.6 Å². The van der Waals surface area contributed by atoms with Gasteiger partial charge in [-0.2, -0.15) is 0 Å². The van der Waals surface area contributed by atoms with Crippen molar-refractivity contribution in [3.05, 3.63) is 59.7 Å². The minimum atomic E-state index is -1.46. The van der Waals surface area contributed by atoms with E-state index in [0.717, 1.165) is 22.3 Å². The van der Waals surface area contributed by atoms with Crippen LogP contribution in [-0.4, -0.2) is 55.0 Å². The Hall–Kier alpha value is -3.39. The number of carbonyl (C=O) groups is 3. The maximum atomic E-state index is 12.6. The lowest BCUT2D eigenvalue weighted by Gasteiger charge is -2.28. The van der Waals surface area contributed by atoms with E-state index in [4.69, 9.17) is 9.47 Å². The summed E-state index contributed by atoms with van der Waals surface area (Å²) in [5.74, 6) is -1.57. The van der Waals surface area contributed by atoms with Crippen LogP contribution in [0, 0.1) is 0 Å². The predicted molar refractivity (Wildman–Crippen MR) is 132 cm³/mol. The molecule has 0 radical (unpaired) electrons. The highest BCUT2D eigenvalue weighted by Crippen LogP contribution is 2.44. The van der Waals surface area contributed by atoms with Gasteiger partial charge in [-0.15, -0.1) is 0 Å². The second kappa shape index (κ2) is 11.8. The van der Waals surface area contributed by atoms with Crippen molar-refractivity contribution in [3.8, 4) is 11.1 Å². The van der Waals surface area contributed by atoms with E-state index in [9.17, 15) is 19.5 Å². The van der Waals surface area contributed by atoms with Crippen molar-refractivity contribution in [1.82, 2.24) is 10.6 Å². The molecule has 2 aromatic carbocycles. The van der Waals surface area contributed by atoms with Crippen molar-refractivity contribution in [1.29, 1.82) is 0 Å². The smallest absolute Gasteiger partial charge is 0.407 e. The first kappa shape index (κ1) is 26.2. The van der Waals surface area contributed by atoms with E-state index in [1.54, 1.807) is 6.92 Å². The van der Waals surface area contributed by atoms with Gasteiger partial charge in [0.1, 0.15) is 6.61 Å². The largest absolute Gasteiger partial charge is 0.479 e. The minimum Gasteiger partial charge on any atom is -0.479 e. The van der Waals surface area contributed by atoms with Crippen molar-refractivity contribution in [2.75, 3.05) is 20.3 Å². The molecule has 1 aliphatic carbocycles. The number of benzene rings is 2. The van der Waals surface area contributed by atoms with Crippen LogP contribution in [0.3, 0.4) is 0 Å². The molecule has 0 saturated heterocycles. The van der Waals surface area contributed by atoms with Gasteiger partial charge >= 0.3 is 12.1 Å². The van der Waals surface area contributed by atoms with E-state index in [0.29, 0.717) is 12.8 Å². The number of fused-ring (bicyclic) bond motifs is 3. The number of rotatable bonds is 12. The predicted octanol–water partition coefficient (Wildman–Crippen LogP) is 4.08. The fourth-order valence-corrected chi connectivity index (χ4v) is 4.56. The summed E-state index contributed by atoms with van der Waals surface area (Å²) in [4.78, 5) is 36.7. The van der Waals surface area contributed by atoms with Crippen LogP contribution >= 0.6 is 0 Å². The van der Waals surface area contributed by atoms with E-state index in [-0.39, 0.29) is 38.0 Å². The Kier molecular flexibility index (Phi) is 8.87. The molecule has 8 heteroatoms. The summed E-state index contributed by atoms with van der Waals surface area (Å²) >= 11 is 0. The van der Waals surface area contributed by atoms with Gasteiger partial charge in [-0.05, 0) is 41.5 Å². The topological polar surface area (TPSA) is 114 Å². The zero-order valence-electron chi connectivity index (χ0n) is 20.5. The Bertz CT molecular complexity index is 1010. The molecule has 0 bridgehead atoms. The summed E-state index contributed by atoms with van der Waals surface area (Å²) in [6.07, 6.45) is 0.691. The van der Waals surface area contributed by atoms with E-state index in [1.165, 1.54) is 7.11 Å². The van der Waals surface area contributed by atoms with Gasteiger partial charge in [0, 0.05) is 25.5 Å². The Labute approximate surface area is 206 Å². The van der Waals surface area contributed by atoms with Crippen LogP contribution in [0.5, 0.6) is 0 Å². The van der Waals surface area contributed by atoms with Gasteiger partial charge in [0.05, 0.1) is 6.61 Å². The van der Waals surface area contributed by atoms with Gasteiger partial charge in [-0.1, -0.05) is 62.4 Å². The first-order chi connectivity index (χ1) is 16.8. The second-order valence-electron chi connectivity index (χ2n) is 8.84. The highest BCUT2D eigenvalue weighted by Gasteiger charge is 2.38. The number of carboxylic acids is 1. The van der Waals surface area contributed by atoms with Crippen LogP contribution in [0.15, 0.2) is 48.5 Å². The highest BCUT2D eigenvalue weighted by atomic mass is 16.5. The van der Waals surface area contributed by atoms with Crippen LogP contribution in [0.4, 0.5) is 4.79 Å². The monoisotopic (exact) mass is 482 g/mol. The van der Waals surface area contributed by atoms with Crippen molar-refractivity contribution in [2.45, 2.75) is 57.0 Å². The molecule has 0 aromatic heterocycles. The van der Waals surface area contributed by atoms with E-state index in [2.05, 4.69) is 34.9 Å². The summed E-state index contributed by atoms with van der Waals surface area (Å²) in [7, 11) is 1.39. The van der Waals surface area contributed by atoms with E-state index < -0.39 is 23.5 Å². The molecule has 1 aliphatic rings. The van der Waals surface area contributed by atoms with Crippen molar-refractivity contribution < 1.29 is 29.0 Å². The normalized spacial score (nSPS) is 14.8. The second-order valence-corrected chi connectivity index (χ2v) is 8.84. The third-order valence-corrected chi connectivity index (χ3v) is 6.66. The molecular formula is C27H34N2O6. The number of aliphatic carboxylic acids is 1. The summed E-state index contributed by atoms with van der Waals surface area (Å²) < 4.78 is 10.6. The lowest BCUT2D eigenvalue weighted by atomic mass is 9.96. The standard InChI is InChI=1S/C27H34N2O6/c1-4-18(14-15-24(30)29-27(5-2,17-34-3)25(31)32)28-26(33)35-16-23-21-12-8-6-10-19(21)20-11-7-9-13-22(20)23/h6-13,18,23H,4-5,14-17H2,1-3H3,(H,28,33)(H,29,30)(H,31,32). The van der Waals surface area contributed by atoms with Crippen molar-refractivity contribution in [2.24, 2.45) is 0 Å². The number of methoxy groups -OCH3 is 1. The number of ether oxygens (including phenoxy) is 2. The molecule has 0 aliphatic heterocycles. The number of nitrogens with one attached hydrogen (secondary N) is 2. The van der Waals surface area contributed by atoms with Crippen molar-refractivity contribution >= 4 is 18.0 Å². The molecule has 0 heterocycles. The molecule has 0 saturated carbocycles. The lowest BCUT2D eigenvalue weighted by molar-refractivity contribution is -0.150. The van der Waals surface area contributed by atoms with Crippen LogP contribution in [0.25, 0.3) is 11.1 Å². The molecule has 2 atom stereocenters. The number of hydrogen-bond acceptors (Lipinski definition) is 5. The van der Waals surface area contributed by atoms with Gasteiger partial charge in [0.15, 0.2) is 5.54 Å². The summed E-state index contributed by atoms with van der Waals surface area (Å²) in [5.41, 5.74) is 3.13. The number of hydrogen-bond donors (Lipinski definition) is 3. The van der Waals surface area contributed by atoms with Gasteiger partial charge in [0.2, 0.25) is 5.91 Å².